The first-order valence-electron chi connectivity index (χ1n) is 6.14. The number of rotatable bonds is 10. The Labute approximate surface area is 100 Å². The quantitative estimate of drug-likeness (QED) is 0.608. The van der Waals surface area contributed by atoms with Crippen molar-refractivity contribution in [2.75, 3.05) is 47.1 Å². The Morgan fingerprint density at radius 3 is 2.19 bits per heavy atom. The summed E-state index contributed by atoms with van der Waals surface area (Å²) >= 11 is 0. The number of methoxy groups -OCH3 is 2. The number of nitrogens with one attached hydrogen (secondary N) is 1. The van der Waals surface area contributed by atoms with E-state index in [9.17, 15) is 0 Å². The number of nitrogens with zero attached hydrogens (tertiary/aromatic N) is 1. The van der Waals surface area contributed by atoms with Crippen molar-refractivity contribution < 1.29 is 9.47 Å². The summed E-state index contributed by atoms with van der Waals surface area (Å²) in [6.07, 6.45) is 0. The summed E-state index contributed by atoms with van der Waals surface area (Å²) in [6.45, 7) is 11.1. The van der Waals surface area contributed by atoms with E-state index in [0.29, 0.717) is 12.1 Å². The van der Waals surface area contributed by atoms with Crippen LogP contribution in [0.15, 0.2) is 0 Å². The van der Waals surface area contributed by atoms with Gasteiger partial charge in [-0.1, -0.05) is 13.8 Å². The molecule has 0 aliphatic rings. The Morgan fingerprint density at radius 2 is 1.75 bits per heavy atom. The van der Waals surface area contributed by atoms with Crippen LogP contribution in [0.3, 0.4) is 0 Å². The molecule has 2 atom stereocenters. The van der Waals surface area contributed by atoms with E-state index >= 15 is 0 Å². The fraction of sp³-hybridized carbons (Fsp3) is 1.00. The van der Waals surface area contributed by atoms with E-state index in [2.05, 4.69) is 31.0 Å². The molecule has 0 aromatic rings. The van der Waals surface area contributed by atoms with Gasteiger partial charge in [-0.25, -0.2) is 0 Å². The van der Waals surface area contributed by atoms with Crippen molar-refractivity contribution >= 4 is 0 Å². The number of ether oxygens (including phenoxy) is 2. The van der Waals surface area contributed by atoms with Crippen LogP contribution in [-0.2, 0) is 9.47 Å². The molecule has 0 aliphatic carbocycles. The Hall–Kier alpha value is -0.160. The molecular weight excluding hydrogens is 204 g/mol. The number of likely N-dealkylation sites (N-methyl/N-ethyl adjacent to an activating group) is 2. The predicted octanol–water partition coefficient (Wildman–Crippen LogP) is 0.968. The standard InChI is InChI=1S/C12H28N2O2/c1-6-13-12(10-16-5)8-14(7-2)11(3)9-15-4/h11-13H,6-10H2,1-5H3. The van der Waals surface area contributed by atoms with Crippen molar-refractivity contribution in [2.45, 2.75) is 32.9 Å². The van der Waals surface area contributed by atoms with Crippen LogP contribution in [0.4, 0.5) is 0 Å². The van der Waals surface area contributed by atoms with Crippen LogP contribution >= 0.6 is 0 Å². The molecule has 0 aromatic heterocycles. The highest BCUT2D eigenvalue weighted by Crippen LogP contribution is 2.01. The van der Waals surface area contributed by atoms with E-state index in [4.69, 9.17) is 9.47 Å². The Bertz CT molecular complexity index is 150. The van der Waals surface area contributed by atoms with E-state index in [-0.39, 0.29) is 0 Å². The molecule has 1 N–H and O–H groups in total. The topological polar surface area (TPSA) is 33.7 Å². The molecule has 0 spiro atoms. The van der Waals surface area contributed by atoms with Gasteiger partial charge < -0.3 is 14.8 Å². The Morgan fingerprint density at radius 1 is 1.12 bits per heavy atom. The third-order valence-electron chi connectivity index (χ3n) is 2.75. The third-order valence-corrected chi connectivity index (χ3v) is 2.75. The first kappa shape index (κ1) is 15.8. The molecule has 16 heavy (non-hydrogen) atoms. The van der Waals surface area contributed by atoms with E-state index in [1.807, 2.05) is 0 Å². The number of hydrogen-bond acceptors (Lipinski definition) is 4. The van der Waals surface area contributed by atoms with E-state index in [0.717, 1.165) is 32.8 Å². The fourth-order valence-electron chi connectivity index (χ4n) is 1.92. The SMILES string of the molecule is CCNC(COC)CN(CC)C(C)COC. The van der Waals surface area contributed by atoms with Gasteiger partial charge in [0.1, 0.15) is 0 Å². The summed E-state index contributed by atoms with van der Waals surface area (Å²) < 4.78 is 10.4. The summed E-state index contributed by atoms with van der Waals surface area (Å²) in [7, 11) is 3.50. The first-order chi connectivity index (χ1) is 7.69. The second-order valence-corrected chi connectivity index (χ2v) is 4.10. The van der Waals surface area contributed by atoms with Crippen LogP contribution in [0.25, 0.3) is 0 Å². The highest BCUT2D eigenvalue weighted by atomic mass is 16.5. The van der Waals surface area contributed by atoms with E-state index in [1.165, 1.54) is 0 Å². The highest BCUT2D eigenvalue weighted by molar-refractivity contribution is 4.74. The summed E-state index contributed by atoms with van der Waals surface area (Å²) in [5.74, 6) is 0. The van der Waals surface area contributed by atoms with Crippen molar-refractivity contribution in [3.63, 3.8) is 0 Å². The zero-order chi connectivity index (χ0) is 12.4. The molecule has 0 bridgehead atoms. The summed E-state index contributed by atoms with van der Waals surface area (Å²) in [4.78, 5) is 2.41. The van der Waals surface area contributed by atoms with E-state index in [1.54, 1.807) is 14.2 Å². The smallest absolute Gasteiger partial charge is 0.0628 e. The lowest BCUT2D eigenvalue weighted by Gasteiger charge is -2.31. The Balaban J connectivity index is 4.12. The fourth-order valence-corrected chi connectivity index (χ4v) is 1.92. The lowest BCUT2D eigenvalue weighted by atomic mass is 10.2. The van der Waals surface area contributed by atoms with Gasteiger partial charge in [0.25, 0.3) is 0 Å². The molecule has 0 saturated carbocycles. The maximum absolute atomic E-state index is 5.22. The lowest BCUT2D eigenvalue weighted by molar-refractivity contribution is 0.0806. The predicted molar refractivity (Wildman–Crippen MR) is 67.9 cm³/mol. The van der Waals surface area contributed by atoms with Crippen LogP contribution < -0.4 is 5.32 Å². The van der Waals surface area contributed by atoms with Crippen LogP contribution in [-0.4, -0.2) is 64.1 Å². The highest BCUT2D eigenvalue weighted by Gasteiger charge is 2.16. The molecule has 0 aromatic carbocycles. The molecular formula is C12H28N2O2. The minimum atomic E-state index is 0.397. The summed E-state index contributed by atoms with van der Waals surface area (Å²) in [5, 5.41) is 3.44. The van der Waals surface area contributed by atoms with Gasteiger partial charge in [-0.3, -0.25) is 4.90 Å². The van der Waals surface area contributed by atoms with Gasteiger partial charge in [-0.15, -0.1) is 0 Å². The van der Waals surface area contributed by atoms with Crippen molar-refractivity contribution in [3.8, 4) is 0 Å². The largest absolute Gasteiger partial charge is 0.383 e. The molecule has 0 saturated heterocycles. The molecule has 0 amide bonds. The van der Waals surface area contributed by atoms with Crippen molar-refractivity contribution in [2.24, 2.45) is 0 Å². The van der Waals surface area contributed by atoms with Crippen molar-refractivity contribution in [3.05, 3.63) is 0 Å². The van der Waals surface area contributed by atoms with Crippen LogP contribution in [0, 0.1) is 0 Å². The van der Waals surface area contributed by atoms with E-state index < -0.39 is 0 Å². The molecule has 2 unspecified atom stereocenters. The molecule has 4 nitrogen and oxygen atoms in total. The van der Waals surface area contributed by atoms with Gasteiger partial charge in [0.15, 0.2) is 0 Å². The second kappa shape index (κ2) is 10.0. The zero-order valence-electron chi connectivity index (χ0n) is 11.5. The summed E-state index contributed by atoms with van der Waals surface area (Å²) in [5.41, 5.74) is 0. The summed E-state index contributed by atoms with van der Waals surface area (Å²) in [6, 6.07) is 0.849. The zero-order valence-corrected chi connectivity index (χ0v) is 11.5. The average Bonchev–Trinajstić information content (AvgIpc) is 2.26. The third kappa shape index (κ3) is 6.43. The first-order valence-corrected chi connectivity index (χ1v) is 6.14. The van der Waals surface area contributed by atoms with Crippen molar-refractivity contribution in [1.29, 1.82) is 0 Å². The number of hydrogen-bond donors (Lipinski definition) is 1. The van der Waals surface area contributed by atoms with Gasteiger partial charge in [-0.2, -0.15) is 0 Å². The molecule has 0 fully saturated rings. The van der Waals surface area contributed by atoms with Gasteiger partial charge in [0.05, 0.1) is 13.2 Å². The maximum atomic E-state index is 5.22. The van der Waals surface area contributed by atoms with Gasteiger partial charge in [0.2, 0.25) is 0 Å². The van der Waals surface area contributed by atoms with Gasteiger partial charge in [0, 0.05) is 32.8 Å². The normalized spacial score (nSPS) is 15.4. The minimum absolute atomic E-state index is 0.397. The monoisotopic (exact) mass is 232 g/mol. The average molecular weight is 232 g/mol. The Kier molecular flexibility index (Phi) is 9.92. The maximum Gasteiger partial charge on any atom is 0.0628 e. The minimum Gasteiger partial charge on any atom is -0.383 e. The molecule has 0 aliphatic heterocycles. The molecule has 0 heterocycles. The second-order valence-electron chi connectivity index (χ2n) is 4.10. The van der Waals surface area contributed by atoms with Gasteiger partial charge >= 0.3 is 0 Å². The molecule has 0 rings (SSSR count). The molecule has 0 radical (unpaired) electrons. The van der Waals surface area contributed by atoms with Crippen molar-refractivity contribution in [1.82, 2.24) is 10.2 Å². The van der Waals surface area contributed by atoms with Gasteiger partial charge in [-0.05, 0) is 20.0 Å². The molecule has 98 valence electrons. The molecule has 4 heteroatoms. The van der Waals surface area contributed by atoms with Crippen LogP contribution in [0.5, 0.6) is 0 Å². The lowest BCUT2D eigenvalue weighted by Crippen LogP contribution is -2.47. The van der Waals surface area contributed by atoms with Crippen LogP contribution in [0.1, 0.15) is 20.8 Å². The van der Waals surface area contributed by atoms with Crippen LogP contribution in [0.2, 0.25) is 0 Å².